The maximum atomic E-state index is 13.4. The zero-order valence-corrected chi connectivity index (χ0v) is 9.16. The van der Waals surface area contributed by atoms with E-state index in [0.29, 0.717) is 12.2 Å². The predicted octanol–water partition coefficient (Wildman–Crippen LogP) is 1.94. The van der Waals surface area contributed by atoms with E-state index >= 15 is 0 Å². The lowest BCUT2D eigenvalue weighted by Gasteiger charge is -2.17. The monoisotopic (exact) mass is 222 g/mol. The van der Waals surface area contributed by atoms with Crippen LogP contribution in [0.5, 0.6) is 0 Å². The third-order valence-electron chi connectivity index (χ3n) is 2.71. The number of ether oxygens (including phenoxy) is 1. The average molecular weight is 222 g/mol. The number of hydrazine groups is 1. The topological polar surface area (TPSA) is 47.3 Å². The number of halogens is 1. The number of hydrogen-bond acceptors (Lipinski definition) is 3. The van der Waals surface area contributed by atoms with Gasteiger partial charge in [-0.15, -0.1) is 0 Å². The van der Waals surface area contributed by atoms with Crippen LogP contribution in [0, 0.1) is 12.7 Å². The van der Waals surface area contributed by atoms with Gasteiger partial charge in [-0.1, -0.05) is 12.1 Å². The van der Waals surface area contributed by atoms with E-state index in [9.17, 15) is 4.39 Å². The Labute approximate surface area is 94.1 Å². The molecule has 0 saturated heterocycles. The summed E-state index contributed by atoms with van der Waals surface area (Å²) >= 11 is 0. The van der Waals surface area contributed by atoms with Crippen LogP contribution in [0.4, 0.5) is 4.39 Å². The summed E-state index contributed by atoms with van der Waals surface area (Å²) in [7, 11) is 0. The standard InChI is InChI=1S/C12H15FN2O/c1-8-4-5-9(7-10(8)13)12(15-14)11-3-2-6-16-11/h3-5,7,12,15H,2,6,14H2,1H3. The van der Waals surface area contributed by atoms with Gasteiger partial charge in [-0.2, -0.15) is 0 Å². The Morgan fingerprint density at radius 2 is 2.31 bits per heavy atom. The predicted molar refractivity (Wildman–Crippen MR) is 59.9 cm³/mol. The van der Waals surface area contributed by atoms with Crippen molar-refractivity contribution in [3.63, 3.8) is 0 Å². The summed E-state index contributed by atoms with van der Waals surface area (Å²) < 4.78 is 18.9. The van der Waals surface area contributed by atoms with Crippen molar-refractivity contribution in [1.29, 1.82) is 0 Å². The molecule has 0 aromatic heterocycles. The molecule has 16 heavy (non-hydrogen) atoms. The molecule has 86 valence electrons. The molecular formula is C12H15FN2O. The van der Waals surface area contributed by atoms with Crippen molar-refractivity contribution >= 4 is 0 Å². The Morgan fingerprint density at radius 1 is 1.50 bits per heavy atom. The second-order valence-electron chi connectivity index (χ2n) is 3.85. The van der Waals surface area contributed by atoms with Crippen molar-refractivity contribution in [3.8, 4) is 0 Å². The lowest BCUT2D eigenvalue weighted by atomic mass is 10.0. The Hall–Kier alpha value is -1.39. The number of nitrogens with two attached hydrogens (primary N) is 1. The average Bonchev–Trinajstić information content (AvgIpc) is 2.78. The first-order valence-electron chi connectivity index (χ1n) is 5.27. The minimum absolute atomic E-state index is 0.226. The zero-order chi connectivity index (χ0) is 11.5. The molecule has 1 aromatic carbocycles. The van der Waals surface area contributed by atoms with Gasteiger partial charge in [0.25, 0.3) is 0 Å². The molecule has 0 bridgehead atoms. The summed E-state index contributed by atoms with van der Waals surface area (Å²) in [5, 5.41) is 0. The minimum Gasteiger partial charge on any atom is -0.496 e. The Morgan fingerprint density at radius 3 is 2.88 bits per heavy atom. The maximum Gasteiger partial charge on any atom is 0.126 e. The number of aryl methyl sites for hydroxylation is 1. The molecule has 0 saturated carbocycles. The van der Waals surface area contributed by atoms with Crippen molar-refractivity contribution in [3.05, 3.63) is 47.0 Å². The summed E-state index contributed by atoms with van der Waals surface area (Å²) in [6.07, 6.45) is 2.85. The van der Waals surface area contributed by atoms with Crippen LogP contribution in [0.2, 0.25) is 0 Å². The Bertz CT molecular complexity index is 417. The van der Waals surface area contributed by atoms with E-state index < -0.39 is 0 Å². The smallest absolute Gasteiger partial charge is 0.126 e. The number of benzene rings is 1. The van der Waals surface area contributed by atoms with Gasteiger partial charge in [0.1, 0.15) is 17.6 Å². The molecule has 1 heterocycles. The summed E-state index contributed by atoms with van der Waals surface area (Å²) in [5.41, 5.74) is 4.05. The van der Waals surface area contributed by atoms with Crippen LogP contribution in [-0.2, 0) is 4.74 Å². The lowest BCUT2D eigenvalue weighted by molar-refractivity contribution is 0.215. The van der Waals surface area contributed by atoms with Crippen molar-refractivity contribution in [1.82, 2.24) is 5.43 Å². The minimum atomic E-state index is -0.266. The van der Waals surface area contributed by atoms with Gasteiger partial charge in [-0.3, -0.25) is 5.84 Å². The number of rotatable bonds is 3. The van der Waals surface area contributed by atoms with Gasteiger partial charge in [0.15, 0.2) is 0 Å². The molecule has 1 aromatic rings. The first-order valence-corrected chi connectivity index (χ1v) is 5.27. The highest BCUT2D eigenvalue weighted by molar-refractivity contribution is 5.30. The third-order valence-corrected chi connectivity index (χ3v) is 2.71. The summed E-state index contributed by atoms with van der Waals surface area (Å²) in [4.78, 5) is 0. The van der Waals surface area contributed by atoms with E-state index in [-0.39, 0.29) is 11.9 Å². The normalized spacial score (nSPS) is 16.8. The second kappa shape index (κ2) is 4.63. The summed E-state index contributed by atoms with van der Waals surface area (Å²) in [6, 6.07) is 4.82. The van der Waals surface area contributed by atoms with Gasteiger partial charge in [0, 0.05) is 6.42 Å². The maximum absolute atomic E-state index is 13.4. The van der Waals surface area contributed by atoms with E-state index in [2.05, 4.69) is 5.43 Å². The zero-order valence-electron chi connectivity index (χ0n) is 9.16. The Balaban J connectivity index is 2.29. The highest BCUT2D eigenvalue weighted by Crippen LogP contribution is 2.26. The van der Waals surface area contributed by atoms with Gasteiger partial charge >= 0.3 is 0 Å². The van der Waals surface area contributed by atoms with Gasteiger partial charge < -0.3 is 4.74 Å². The molecule has 0 amide bonds. The number of nitrogens with one attached hydrogen (secondary N) is 1. The van der Waals surface area contributed by atoms with E-state index in [4.69, 9.17) is 10.6 Å². The van der Waals surface area contributed by atoms with Crippen LogP contribution >= 0.6 is 0 Å². The van der Waals surface area contributed by atoms with Crippen LogP contribution < -0.4 is 11.3 Å². The van der Waals surface area contributed by atoms with E-state index in [0.717, 1.165) is 17.7 Å². The molecule has 2 rings (SSSR count). The number of hydrogen-bond donors (Lipinski definition) is 2. The van der Waals surface area contributed by atoms with Crippen LogP contribution in [0.25, 0.3) is 0 Å². The van der Waals surface area contributed by atoms with Crippen molar-refractivity contribution in [2.24, 2.45) is 5.84 Å². The molecule has 0 aliphatic carbocycles. The molecule has 1 unspecified atom stereocenters. The first-order chi connectivity index (χ1) is 7.72. The van der Waals surface area contributed by atoms with Crippen LogP contribution in [0.15, 0.2) is 30.0 Å². The molecule has 3 N–H and O–H groups in total. The molecule has 0 radical (unpaired) electrons. The van der Waals surface area contributed by atoms with Crippen LogP contribution in [0.3, 0.4) is 0 Å². The van der Waals surface area contributed by atoms with Gasteiger partial charge in [0.2, 0.25) is 0 Å². The van der Waals surface area contributed by atoms with E-state index in [1.54, 1.807) is 13.0 Å². The molecular weight excluding hydrogens is 207 g/mol. The molecule has 3 nitrogen and oxygen atoms in total. The summed E-state index contributed by atoms with van der Waals surface area (Å²) in [6.45, 7) is 2.40. The Kier molecular flexibility index (Phi) is 3.22. The third kappa shape index (κ3) is 2.08. The van der Waals surface area contributed by atoms with Crippen LogP contribution in [-0.4, -0.2) is 6.61 Å². The molecule has 1 aliphatic rings. The molecule has 1 aliphatic heterocycles. The molecule has 0 fully saturated rings. The summed E-state index contributed by atoms with van der Waals surface area (Å²) in [5.74, 6) is 6.02. The highest BCUT2D eigenvalue weighted by atomic mass is 19.1. The van der Waals surface area contributed by atoms with E-state index in [1.165, 1.54) is 6.07 Å². The van der Waals surface area contributed by atoms with E-state index in [1.807, 2.05) is 12.1 Å². The molecule has 0 spiro atoms. The first kappa shape index (κ1) is 11.1. The lowest BCUT2D eigenvalue weighted by Crippen LogP contribution is -2.29. The second-order valence-corrected chi connectivity index (χ2v) is 3.85. The fourth-order valence-electron chi connectivity index (χ4n) is 1.77. The van der Waals surface area contributed by atoms with Crippen molar-refractivity contribution in [2.75, 3.05) is 6.61 Å². The largest absolute Gasteiger partial charge is 0.496 e. The highest BCUT2D eigenvalue weighted by Gasteiger charge is 2.20. The van der Waals surface area contributed by atoms with Gasteiger partial charge in [0.05, 0.1) is 6.61 Å². The fraction of sp³-hybridized carbons (Fsp3) is 0.333. The van der Waals surface area contributed by atoms with Gasteiger partial charge in [-0.25, -0.2) is 9.82 Å². The van der Waals surface area contributed by atoms with Gasteiger partial charge in [-0.05, 0) is 30.2 Å². The molecule has 1 atom stereocenters. The quantitative estimate of drug-likeness (QED) is 0.607. The van der Waals surface area contributed by atoms with Crippen molar-refractivity contribution in [2.45, 2.75) is 19.4 Å². The van der Waals surface area contributed by atoms with Crippen molar-refractivity contribution < 1.29 is 9.13 Å². The molecule has 4 heteroatoms. The van der Waals surface area contributed by atoms with Crippen LogP contribution in [0.1, 0.15) is 23.6 Å². The SMILES string of the molecule is Cc1ccc(C(NN)C2=CCCO2)cc1F. The fourth-order valence-corrected chi connectivity index (χ4v) is 1.77.